The van der Waals surface area contributed by atoms with Gasteiger partial charge in [-0.1, -0.05) is 29.8 Å². The van der Waals surface area contributed by atoms with Crippen molar-refractivity contribution in [2.24, 2.45) is 10.8 Å². The molecule has 0 spiro atoms. The molecule has 15 heavy (non-hydrogen) atoms. The summed E-state index contributed by atoms with van der Waals surface area (Å²) in [6.45, 7) is 5.50. The van der Waals surface area contributed by atoms with E-state index < -0.39 is 0 Å². The standard InChI is InChI=1S/C11H18N4/c1-3-13-11(15-12)14-8-10-6-4-9(2)5-7-10/h4-7H,3,8,12H2,1-2H3,(H2,13,14,15). The van der Waals surface area contributed by atoms with Crippen LogP contribution in [0.3, 0.4) is 0 Å². The highest BCUT2D eigenvalue weighted by Gasteiger charge is 1.94. The van der Waals surface area contributed by atoms with Crippen LogP contribution in [0.25, 0.3) is 0 Å². The highest BCUT2D eigenvalue weighted by molar-refractivity contribution is 5.79. The molecule has 0 bridgehead atoms. The molecule has 0 aliphatic rings. The first-order valence-corrected chi connectivity index (χ1v) is 5.06. The Kier molecular flexibility index (Phi) is 4.63. The maximum atomic E-state index is 5.30. The molecule has 4 heteroatoms. The third-order valence-electron chi connectivity index (χ3n) is 2.02. The van der Waals surface area contributed by atoms with Crippen LogP contribution in [0.5, 0.6) is 0 Å². The zero-order valence-corrected chi connectivity index (χ0v) is 9.25. The Bertz CT molecular complexity index is 316. The maximum absolute atomic E-state index is 5.30. The first-order chi connectivity index (χ1) is 7.26. The van der Waals surface area contributed by atoms with Crippen molar-refractivity contribution in [3.05, 3.63) is 35.4 Å². The van der Waals surface area contributed by atoms with E-state index >= 15 is 0 Å². The summed E-state index contributed by atoms with van der Waals surface area (Å²) in [6.07, 6.45) is 0. The molecule has 0 aromatic heterocycles. The van der Waals surface area contributed by atoms with Gasteiger partial charge in [0.15, 0.2) is 0 Å². The quantitative estimate of drug-likeness (QED) is 0.298. The summed E-state index contributed by atoms with van der Waals surface area (Å²) in [5.41, 5.74) is 4.95. The third-order valence-corrected chi connectivity index (χ3v) is 2.02. The van der Waals surface area contributed by atoms with Crippen molar-refractivity contribution in [2.75, 3.05) is 6.54 Å². The van der Waals surface area contributed by atoms with Gasteiger partial charge in [-0.15, -0.1) is 0 Å². The van der Waals surface area contributed by atoms with E-state index in [0.717, 1.165) is 6.54 Å². The van der Waals surface area contributed by atoms with Gasteiger partial charge >= 0.3 is 0 Å². The van der Waals surface area contributed by atoms with Crippen LogP contribution in [0.1, 0.15) is 18.1 Å². The number of nitrogens with two attached hydrogens (primary N) is 1. The van der Waals surface area contributed by atoms with Crippen LogP contribution in [0.4, 0.5) is 0 Å². The normalized spacial score (nSPS) is 11.3. The summed E-state index contributed by atoms with van der Waals surface area (Å²) in [5.74, 6) is 5.93. The van der Waals surface area contributed by atoms with Gasteiger partial charge in [0.05, 0.1) is 6.54 Å². The van der Waals surface area contributed by atoms with Gasteiger partial charge in [-0.25, -0.2) is 10.8 Å². The van der Waals surface area contributed by atoms with Crippen molar-refractivity contribution in [3.8, 4) is 0 Å². The van der Waals surface area contributed by atoms with E-state index in [-0.39, 0.29) is 0 Å². The monoisotopic (exact) mass is 206 g/mol. The minimum Gasteiger partial charge on any atom is -0.356 e. The van der Waals surface area contributed by atoms with Crippen molar-refractivity contribution >= 4 is 5.96 Å². The fourth-order valence-electron chi connectivity index (χ4n) is 1.18. The smallest absolute Gasteiger partial charge is 0.206 e. The summed E-state index contributed by atoms with van der Waals surface area (Å²) >= 11 is 0. The van der Waals surface area contributed by atoms with Crippen LogP contribution >= 0.6 is 0 Å². The molecule has 1 aromatic rings. The number of aliphatic imine (C=N–C) groups is 1. The lowest BCUT2D eigenvalue weighted by Crippen LogP contribution is -2.41. The van der Waals surface area contributed by atoms with Gasteiger partial charge in [0, 0.05) is 6.54 Å². The molecule has 82 valence electrons. The van der Waals surface area contributed by atoms with Gasteiger partial charge in [-0.3, -0.25) is 5.43 Å². The fraction of sp³-hybridized carbons (Fsp3) is 0.364. The Hall–Kier alpha value is -1.55. The van der Waals surface area contributed by atoms with E-state index in [9.17, 15) is 0 Å². The number of nitrogens with zero attached hydrogens (tertiary/aromatic N) is 1. The molecule has 0 radical (unpaired) electrons. The van der Waals surface area contributed by atoms with Gasteiger partial charge in [-0.05, 0) is 19.4 Å². The zero-order valence-electron chi connectivity index (χ0n) is 9.25. The molecular formula is C11H18N4. The van der Waals surface area contributed by atoms with Crippen LogP contribution in [0.15, 0.2) is 29.3 Å². The van der Waals surface area contributed by atoms with Gasteiger partial charge in [-0.2, -0.15) is 0 Å². The lowest BCUT2D eigenvalue weighted by molar-refractivity contribution is 0.852. The number of hydrogen-bond acceptors (Lipinski definition) is 2. The molecule has 0 saturated carbocycles. The Morgan fingerprint density at radius 1 is 1.33 bits per heavy atom. The summed E-state index contributed by atoms with van der Waals surface area (Å²) < 4.78 is 0. The molecule has 1 rings (SSSR count). The van der Waals surface area contributed by atoms with Crippen LogP contribution in [-0.4, -0.2) is 12.5 Å². The second-order valence-electron chi connectivity index (χ2n) is 3.33. The molecule has 1 aromatic carbocycles. The Labute approximate surface area is 90.6 Å². The molecule has 4 nitrogen and oxygen atoms in total. The molecule has 0 atom stereocenters. The number of nitrogens with one attached hydrogen (secondary N) is 2. The Morgan fingerprint density at radius 2 is 2.00 bits per heavy atom. The van der Waals surface area contributed by atoms with Gasteiger partial charge < -0.3 is 5.32 Å². The summed E-state index contributed by atoms with van der Waals surface area (Å²) in [4.78, 5) is 4.30. The highest BCUT2D eigenvalue weighted by atomic mass is 15.3. The average molecular weight is 206 g/mol. The van der Waals surface area contributed by atoms with E-state index in [1.165, 1.54) is 11.1 Å². The number of benzene rings is 1. The summed E-state index contributed by atoms with van der Waals surface area (Å²) in [5, 5.41) is 3.03. The van der Waals surface area contributed by atoms with E-state index in [0.29, 0.717) is 12.5 Å². The molecule has 0 fully saturated rings. The molecular weight excluding hydrogens is 188 g/mol. The van der Waals surface area contributed by atoms with Crippen molar-refractivity contribution in [1.82, 2.24) is 10.7 Å². The van der Waals surface area contributed by atoms with Crippen molar-refractivity contribution in [3.63, 3.8) is 0 Å². The number of hydrogen-bond donors (Lipinski definition) is 3. The lowest BCUT2D eigenvalue weighted by Gasteiger charge is -2.06. The lowest BCUT2D eigenvalue weighted by atomic mass is 10.1. The number of aryl methyl sites for hydroxylation is 1. The Balaban J connectivity index is 2.57. The van der Waals surface area contributed by atoms with Gasteiger partial charge in [0.1, 0.15) is 0 Å². The second kappa shape index (κ2) is 6.03. The molecule has 0 amide bonds. The van der Waals surface area contributed by atoms with Crippen LogP contribution < -0.4 is 16.6 Å². The minimum atomic E-state index is 0.623. The maximum Gasteiger partial charge on any atom is 0.206 e. The fourth-order valence-corrected chi connectivity index (χ4v) is 1.18. The van der Waals surface area contributed by atoms with Crippen molar-refractivity contribution in [1.29, 1.82) is 0 Å². The predicted molar refractivity (Wildman–Crippen MR) is 63.3 cm³/mol. The molecule has 0 saturated heterocycles. The summed E-state index contributed by atoms with van der Waals surface area (Å²) in [6, 6.07) is 8.29. The van der Waals surface area contributed by atoms with Crippen molar-refractivity contribution in [2.45, 2.75) is 20.4 Å². The molecule has 0 heterocycles. The van der Waals surface area contributed by atoms with Gasteiger partial charge in [0.25, 0.3) is 0 Å². The average Bonchev–Trinajstić information content (AvgIpc) is 2.26. The molecule has 0 aliphatic heterocycles. The zero-order chi connectivity index (χ0) is 11.1. The molecule has 0 aliphatic carbocycles. The number of guanidine groups is 1. The highest BCUT2D eigenvalue weighted by Crippen LogP contribution is 2.03. The number of rotatable bonds is 3. The Morgan fingerprint density at radius 3 is 2.53 bits per heavy atom. The molecule has 4 N–H and O–H groups in total. The first-order valence-electron chi connectivity index (χ1n) is 5.06. The van der Waals surface area contributed by atoms with Crippen molar-refractivity contribution < 1.29 is 0 Å². The van der Waals surface area contributed by atoms with Crippen LogP contribution in [0, 0.1) is 6.92 Å². The largest absolute Gasteiger partial charge is 0.356 e. The minimum absolute atomic E-state index is 0.623. The predicted octanol–water partition coefficient (Wildman–Crippen LogP) is 0.924. The third kappa shape index (κ3) is 3.99. The SMILES string of the molecule is CCNC(=NCc1ccc(C)cc1)NN. The van der Waals surface area contributed by atoms with Crippen LogP contribution in [-0.2, 0) is 6.54 Å². The van der Waals surface area contributed by atoms with E-state index in [2.05, 4.69) is 46.9 Å². The molecule has 0 unspecified atom stereocenters. The first kappa shape index (κ1) is 11.5. The topological polar surface area (TPSA) is 62.4 Å². The van der Waals surface area contributed by atoms with Crippen LogP contribution in [0.2, 0.25) is 0 Å². The second-order valence-corrected chi connectivity index (χ2v) is 3.33. The number of hydrazine groups is 1. The van der Waals surface area contributed by atoms with E-state index in [1.807, 2.05) is 6.92 Å². The van der Waals surface area contributed by atoms with Gasteiger partial charge in [0.2, 0.25) is 5.96 Å². The van der Waals surface area contributed by atoms with E-state index in [4.69, 9.17) is 5.84 Å². The van der Waals surface area contributed by atoms with E-state index in [1.54, 1.807) is 0 Å². The summed E-state index contributed by atoms with van der Waals surface area (Å²) in [7, 11) is 0.